The van der Waals surface area contributed by atoms with Gasteiger partial charge in [-0.25, -0.2) is 9.97 Å². The van der Waals surface area contributed by atoms with Crippen molar-refractivity contribution < 1.29 is 4.74 Å². The molecule has 4 nitrogen and oxygen atoms in total. The van der Waals surface area contributed by atoms with Crippen molar-refractivity contribution in [1.29, 1.82) is 0 Å². The lowest BCUT2D eigenvalue weighted by Crippen LogP contribution is -2.01. The van der Waals surface area contributed by atoms with Gasteiger partial charge in [-0.1, -0.05) is 17.7 Å². The first kappa shape index (κ1) is 14.3. The summed E-state index contributed by atoms with van der Waals surface area (Å²) >= 11 is 7.79. The number of aryl methyl sites for hydroxylation is 2. The van der Waals surface area contributed by atoms with E-state index < -0.39 is 0 Å². The van der Waals surface area contributed by atoms with Crippen LogP contribution in [0.5, 0.6) is 11.6 Å². The van der Waals surface area contributed by atoms with E-state index in [1.54, 1.807) is 17.4 Å². The number of hydrogen-bond acceptors (Lipinski definition) is 5. The van der Waals surface area contributed by atoms with Crippen LogP contribution in [0.15, 0.2) is 24.5 Å². The highest BCUT2D eigenvalue weighted by Crippen LogP contribution is 2.37. The van der Waals surface area contributed by atoms with Gasteiger partial charge in [0.1, 0.15) is 16.9 Å². The Kier molecular flexibility index (Phi) is 3.80. The Morgan fingerprint density at radius 3 is 2.86 bits per heavy atom. The van der Waals surface area contributed by atoms with Crippen molar-refractivity contribution in [2.45, 2.75) is 20.4 Å². The predicted molar refractivity (Wildman–Crippen MR) is 86.3 cm³/mol. The summed E-state index contributed by atoms with van der Waals surface area (Å²) in [5.41, 5.74) is 7.67. The lowest BCUT2D eigenvalue weighted by Gasteiger charge is -2.11. The molecule has 2 aromatic heterocycles. The van der Waals surface area contributed by atoms with Gasteiger partial charge in [-0.3, -0.25) is 0 Å². The number of thiophene rings is 1. The molecule has 0 spiro atoms. The zero-order valence-corrected chi connectivity index (χ0v) is 13.3. The molecule has 0 aliphatic carbocycles. The number of hydrogen-bond donors (Lipinski definition) is 1. The van der Waals surface area contributed by atoms with Crippen LogP contribution in [-0.4, -0.2) is 9.97 Å². The molecule has 2 N–H and O–H groups in total. The molecular weight excluding hydrogens is 306 g/mol. The Bertz CT molecular complexity index is 816. The van der Waals surface area contributed by atoms with E-state index in [2.05, 4.69) is 16.9 Å². The van der Waals surface area contributed by atoms with E-state index in [0.717, 1.165) is 21.3 Å². The summed E-state index contributed by atoms with van der Waals surface area (Å²) in [7, 11) is 0. The molecule has 0 unspecified atom stereocenters. The van der Waals surface area contributed by atoms with Crippen molar-refractivity contribution >= 4 is 33.2 Å². The van der Waals surface area contributed by atoms with Crippen LogP contribution >= 0.6 is 22.9 Å². The fourth-order valence-corrected chi connectivity index (χ4v) is 3.39. The van der Waals surface area contributed by atoms with Crippen molar-refractivity contribution in [3.05, 3.63) is 45.6 Å². The molecule has 0 fully saturated rings. The molecule has 0 saturated heterocycles. The molecule has 0 saturated carbocycles. The fourth-order valence-electron chi connectivity index (χ4n) is 2.16. The molecule has 3 aromatic rings. The first-order valence-electron chi connectivity index (χ1n) is 6.47. The van der Waals surface area contributed by atoms with Gasteiger partial charge in [0.2, 0.25) is 5.88 Å². The van der Waals surface area contributed by atoms with E-state index in [-0.39, 0.29) is 0 Å². The summed E-state index contributed by atoms with van der Waals surface area (Å²) in [6.07, 6.45) is 1.51. The van der Waals surface area contributed by atoms with Gasteiger partial charge < -0.3 is 10.5 Å². The maximum absolute atomic E-state index is 6.16. The fraction of sp³-hybridized carbons (Fsp3) is 0.200. The number of nitrogens with zero attached hydrogens (tertiary/aromatic N) is 2. The van der Waals surface area contributed by atoms with Gasteiger partial charge in [0, 0.05) is 22.0 Å². The molecule has 0 aliphatic rings. The molecule has 21 heavy (non-hydrogen) atoms. The summed E-state index contributed by atoms with van der Waals surface area (Å²) in [6.45, 7) is 4.42. The minimum absolute atomic E-state index is 0.310. The molecule has 0 bridgehead atoms. The highest BCUT2D eigenvalue weighted by Gasteiger charge is 2.15. The molecule has 0 amide bonds. The van der Waals surface area contributed by atoms with Crippen LogP contribution in [0, 0.1) is 13.8 Å². The van der Waals surface area contributed by atoms with Crippen LogP contribution in [-0.2, 0) is 6.54 Å². The zero-order valence-electron chi connectivity index (χ0n) is 11.7. The quantitative estimate of drug-likeness (QED) is 0.785. The van der Waals surface area contributed by atoms with Crippen molar-refractivity contribution in [1.82, 2.24) is 9.97 Å². The van der Waals surface area contributed by atoms with Gasteiger partial charge >= 0.3 is 0 Å². The highest BCUT2D eigenvalue weighted by molar-refractivity contribution is 7.18. The zero-order chi connectivity index (χ0) is 15.0. The first-order chi connectivity index (χ1) is 10.1. The van der Waals surface area contributed by atoms with Gasteiger partial charge in [0.25, 0.3) is 0 Å². The van der Waals surface area contributed by atoms with Gasteiger partial charge in [0.15, 0.2) is 0 Å². The maximum atomic E-state index is 6.16. The van der Waals surface area contributed by atoms with Crippen LogP contribution in [0.25, 0.3) is 10.2 Å². The molecule has 3 rings (SSSR count). The van der Waals surface area contributed by atoms with Crippen molar-refractivity contribution in [3.63, 3.8) is 0 Å². The van der Waals surface area contributed by atoms with Gasteiger partial charge in [-0.15, -0.1) is 11.3 Å². The number of aromatic nitrogens is 2. The Labute approximate surface area is 131 Å². The Morgan fingerprint density at radius 2 is 2.10 bits per heavy atom. The molecule has 0 aliphatic heterocycles. The lowest BCUT2D eigenvalue weighted by molar-refractivity contribution is 0.462. The third-order valence-electron chi connectivity index (χ3n) is 3.42. The smallest absolute Gasteiger partial charge is 0.231 e. The Hall–Kier alpha value is -1.69. The number of fused-ring (bicyclic) bond motifs is 1. The summed E-state index contributed by atoms with van der Waals surface area (Å²) < 4.78 is 5.98. The molecule has 0 radical (unpaired) electrons. The normalized spacial score (nSPS) is 11.0. The SMILES string of the molecule is Cc1sc2ncnc(Oc3cccc(Cl)c3CN)c2c1C. The Morgan fingerprint density at radius 1 is 1.29 bits per heavy atom. The molecule has 6 heteroatoms. The molecule has 108 valence electrons. The van der Waals surface area contributed by atoms with E-state index >= 15 is 0 Å². The molecule has 0 atom stereocenters. The summed E-state index contributed by atoms with van der Waals surface area (Å²) in [6, 6.07) is 5.48. The highest BCUT2D eigenvalue weighted by atomic mass is 35.5. The second kappa shape index (κ2) is 5.60. The lowest BCUT2D eigenvalue weighted by atomic mass is 10.2. The van der Waals surface area contributed by atoms with Gasteiger partial charge in [-0.2, -0.15) is 0 Å². The van der Waals surface area contributed by atoms with E-state index in [0.29, 0.717) is 23.2 Å². The van der Waals surface area contributed by atoms with Crippen LogP contribution in [0.1, 0.15) is 16.0 Å². The second-order valence-electron chi connectivity index (χ2n) is 4.66. The van der Waals surface area contributed by atoms with Crippen LogP contribution in [0.2, 0.25) is 5.02 Å². The number of nitrogens with two attached hydrogens (primary N) is 1. The van der Waals surface area contributed by atoms with E-state index in [4.69, 9.17) is 22.1 Å². The van der Waals surface area contributed by atoms with Crippen LogP contribution in [0.4, 0.5) is 0 Å². The number of ether oxygens (including phenoxy) is 1. The van der Waals surface area contributed by atoms with Crippen molar-refractivity contribution in [2.75, 3.05) is 0 Å². The Balaban J connectivity index is 2.13. The average molecular weight is 320 g/mol. The largest absolute Gasteiger partial charge is 0.438 e. The number of halogens is 1. The van der Waals surface area contributed by atoms with Gasteiger partial charge in [0.05, 0.1) is 5.39 Å². The minimum Gasteiger partial charge on any atom is -0.438 e. The molecule has 1 aromatic carbocycles. The third kappa shape index (κ3) is 2.48. The topological polar surface area (TPSA) is 61.0 Å². The van der Waals surface area contributed by atoms with Crippen molar-refractivity contribution in [3.8, 4) is 11.6 Å². The maximum Gasteiger partial charge on any atom is 0.231 e. The monoisotopic (exact) mass is 319 g/mol. The van der Waals surface area contributed by atoms with Crippen molar-refractivity contribution in [2.24, 2.45) is 5.73 Å². The van der Waals surface area contributed by atoms with E-state index in [9.17, 15) is 0 Å². The standard InChI is InChI=1S/C15H14ClN3OS/c1-8-9(2)21-15-13(8)14(18-7-19-15)20-12-5-3-4-11(16)10(12)6-17/h3-5,7H,6,17H2,1-2H3. The molecule has 2 heterocycles. The summed E-state index contributed by atoms with van der Waals surface area (Å²) in [5.74, 6) is 1.17. The average Bonchev–Trinajstić information content (AvgIpc) is 2.75. The second-order valence-corrected chi connectivity index (χ2v) is 6.28. The van der Waals surface area contributed by atoms with E-state index in [1.807, 2.05) is 19.1 Å². The predicted octanol–water partition coefficient (Wildman–Crippen LogP) is 4.21. The first-order valence-corrected chi connectivity index (χ1v) is 7.67. The van der Waals surface area contributed by atoms with Gasteiger partial charge in [-0.05, 0) is 31.5 Å². The minimum atomic E-state index is 0.310. The summed E-state index contributed by atoms with van der Waals surface area (Å²) in [4.78, 5) is 10.7. The third-order valence-corrected chi connectivity index (χ3v) is 4.89. The molecular formula is C15H14ClN3OS. The van der Waals surface area contributed by atoms with Crippen LogP contribution < -0.4 is 10.5 Å². The number of rotatable bonds is 3. The van der Waals surface area contributed by atoms with E-state index in [1.165, 1.54) is 11.2 Å². The summed E-state index contributed by atoms with van der Waals surface area (Å²) in [5, 5.41) is 1.54. The van der Waals surface area contributed by atoms with Crippen LogP contribution in [0.3, 0.4) is 0 Å². The number of benzene rings is 1.